The van der Waals surface area contributed by atoms with Gasteiger partial charge in [0.2, 0.25) is 5.91 Å². The van der Waals surface area contributed by atoms with Crippen LogP contribution in [0.3, 0.4) is 0 Å². The van der Waals surface area contributed by atoms with Crippen LogP contribution >= 0.6 is 23.4 Å². The van der Waals surface area contributed by atoms with Crippen molar-refractivity contribution in [2.24, 2.45) is 0 Å². The summed E-state index contributed by atoms with van der Waals surface area (Å²) in [7, 11) is 0. The van der Waals surface area contributed by atoms with E-state index in [1.807, 2.05) is 60.7 Å². The number of carbonyl (C=O) groups excluding carboxylic acids is 4. The van der Waals surface area contributed by atoms with Gasteiger partial charge in [0.25, 0.3) is 11.8 Å². The molecule has 3 amide bonds. The van der Waals surface area contributed by atoms with Gasteiger partial charge in [-0.1, -0.05) is 72.3 Å². The van der Waals surface area contributed by atoms with Crippen LogP contribution in [0.4, 0.5) is 5.69 Å². The maximum Gasteiger partial charge on any atom is 0.306 e. The zero-order valence-electron chi connectivity index (χ0n) is 20.8. The van der Waals surface area contributed by atoms with Gasteiger partial charge in [-0.3, -0.25) is 19.2 Å². The summed E-state index contributed by atoms with van der Waals surface area (Å²) in [5, 5.41) is 5.65. The molecule has 200 valence electrons. The second-order valence-corrected chi connectivity index (χ2v) is 10.9. The molecular weight excluding hydrogens is 538 g/mol. The lowest BCUT2D eigenvalue weighted by Crippen LogP contribution is -2.54. The number of halogens is 1. The minimum Gasteiger partial charge on any atom is -0.452 e. The first-order chi connectivity index (χ1) is 18.9. The van der Waals surface area contributed by atoms with E-state index in [2.05, 4.69) is 10.6 Å². The number of hydrogen-bond acceptors (Lipinski definition) is 6. The first-order valence-electron chi connectivity index (χ1n) is 12.5. The van der Waals surface area contributed by atoms with Gasteiger partial charge >= 0.3 is 5.97 Å². The number of hydrogen-bond donors (Lipinski definition) is 2. The molecule has 0 saturated carbocycles. The molecule has 2 aliphatic heterocycles. The first kappa shape index (κ1) is 26.8. The lowest BCUT2D eigenvalue weighted by atomic mass is 10.0. The summed E-state index contributed by atoms with van der Waals surface area (Å²) in [6.07, 6.45) is -0.573. The van der Waals surface area contributed by atoms with E-state index < -0.39 is 35.2 Å². The second-order valence-electron chi connectivity index (χ2n) is 9.25. The molecule has 5 rings (SSSR count). The molecule has 0 unspecified atom stereocenters. The molecule has 0 spiro atoms. The fourth-order valence-corrected chi connectivity index (χ4v) is 6.20. The highest BCUT2D eigenvalue weighted by molar-refractivity contribution is 7.99. The normalized spacial score (nSPS) is 20.5. The van der Waals surface area contributed by atoms with Crippen LogP contribution in [0.25, 0.3) is 0 Å². The summed E-state index contributed by atoms with van der Waals surface area (Å²) in [5.41, 5.74) is 2.26. The van der Waals surface area contributed by atoms with Crippen LogP contribution in [-0.4, -0.2) is 42.4 Å². The lowest BCUT2D eigenvalue weighted by molar-refractivity contribution is -0.148. The lowest BCUT2D eigenvalue weighted by Gasteiger charge is -2.29. The third kappa shape index (κ3) is 6.26. The molecule has 2 heterocycles. The quantitative estimate of drug-likeness (QED) is 0.421. The molecule has 2 N–H and O–H groups in total. The molecule has 1 fully saturated rings. The summed E-state index contributed by atoms with van der Waals surface area (Å²) in [4.78, 5) is 54.1. The van der Waals surface area contributed by atoms with E-state index in [-0.39, 0.29) is 25.3 Å². The van der Waals surface area contributed by atoms with Crippen molar-refractivity contribution < 1.29 is 23.9 Å². The Morgan fingerprint density at radius 3 is 2.41 bits per heavy atom. The van der Waals surface area contributed by atoms with Crippen LogP contribution in [0.5, 0.6) is 0 Å². The second kappa shape index (κ2) is 11.9. The van der Waals surface area contributed by atoms with E-state index in [1.165, 1.54) is 16.7 Å². The zero-order chi connectivity index (χ0) is 27.4. The van der Waals surface area contributed by atoms with Gasteiger partial charge in [0.1, 0.15) is 12.6 Å². The fourth-order valence-electron chi connectivity index (χ4n) is 4.58. The minimum atomic E-state index is -1.04. The standard InChI is InChI=1S/C29H26ClN3O5S/c30-20-11-12-21-23(15-20)39-27(19-9-5-2-6-10-19)26(32-28(36)22-13-14-25(35)38-22)29(37)33(21)17-24(34)31-16-18-7-3-1-4-8-18/h1-12,15,22,26-27H,13-14,16-17H2,(H,31,34)(H,32,36)/t22-,26+,27+/m0/s1. The Labute approximate surface area is 235 Å². The number of nitrogens with zero attached hydrogens (tertiary/aromatic N) is 1. The highest BCUT2D eigenvalue weighted by atomic mass is 35.5. The Morgan fingerprint density at radius 2 is 1.72 bits per heavy atom. The van der Waals surface area contributed by atoms with Crippen molar-refractivity contribution in [3.8, 4) is 0 Å². The molecule has 0 bridgehead atoms. The minimum absolute atomic E-state index is 0.144. The number of benzene rings is 3. The van der Waals surface area contributed by atoms with E-state index >= 15 is 0 Å². The van der Waals surface area contributed by atoms with Crippen LogP contribution in [0.2, 0.25) is 5.02 Å². The molecule has 0 aromatic heterocycles. The van der Waals surface area contributed by atoms with Crippen molar-refractivity contribution in [1.82, 2.24) is 10.6 Å². The SMILES string of the molecule is O=C(CN1C(=O)[C@H](NC(=O)[C@@H]2CCC(=O)O2)[C@@H](c2ccccc2)Sc2cc(Cl)ccc21)NCc1ccccc1. The Balaban J connectivity index is 1.47. The van der Waals surface area contributed by atoms with Gasteiger partial charge in [0.05, 0.1) is 10.9 Å². The van der Waals surface area contributed by atoms with Gasteiger partial charge < -0.3 is 20.3 Å². The van der Waals surface area contributed by atoms with Gasteiger partial charge in [0, 0.05) is 29.3 Å². The molecule has 2 aliphatic rings. The molecule has 10 heteroatoms. The predicted octanol–water partition coefficient (Wildman–Crippen LogP) is 4.03. The largest absolute Gasteiger partial charge is 0.452 e. The molecule has 1 saturated heterocycles. The molecule has 3 atom stereocenters. The predicted molar refractivity (Wildman–Crippen MR) is 148 cm³/mol. The first-order valence-corrected chi connectivity index (χ1v) is 13.8. The number of amides is 3. The Morgan fingerprint density at radius 1 is 1.00 bits per heavy atom. The van der Waals surface area contributed by atoms with E-state index in [0.29, 0.717) is 22.2 Å². The van der Waals surface area contributed by atoms with E-state index in [1.54, 1.807) is 18.2 Å². The average Bonchev–Trinajstić information content (AvgIpc) is 3.36. The summed E-state index contributed by atoms with van der Waals surface area (Å²) < 4.78 is 5.15. The van der Waals surface area contributed by atoms with E-state index in [0.717, 1.165) is 11.1 Å². The number of rotatable bonds is 7. The van der Waals surface area contributed by atoms with Gasteiger partial charge in [-0.15, -0.1) is 11.8 Å². The molecular formula is C29H26ClN3O5S. The third-order valence-electron chi connectivity index (χ3n) is 6.54. The number of fused-ring (bicyclic) bond motifs is 1. The smallest absolute Gasteiger partial charge is 0.306 e. The van der Waals surface area contributed by atoms with E-state index in [9.17, 15) is 19.2 Å². The fraction of sp³-hybridized carbons (Fsp3) is 0.241. The maximum absolute atomic E-state index is 14.2. The van der Waals surface area contributed by atoms with Crippen LogP contribution < -0.4 is 15.5 Å². The van der Waals surface area contributed by atoms with Gasteiger partial charge in [0.15, 0.2) is 6.10 Å². The van der Waals surface area contributed by atoms with Crippen LogP contribution in [0, 0.1) is 0 Å². The molecule has 8 nitrogen and oxygen atoms in total. The Kier molecular flexibility index (Phi) is 8.18. The van der Waals surface area contributed by atoms with E-state index in [4.69, 9.17) is 16.3 Å². The summed E-state index contributed by atoms with van der Waals surface area (Å²) in [5.74, 6) is -1.80. The summed E-state index contributed by atoms with van der Waals surface area (Å²) >= 11 is 7.72. The average molecular weight is 564 g/mol. The third-order valence-corrected chi connectivity index (χ3v) is 8.15. The number of thioether (sulfide) groups is 1. The number of ether oxygens (including phenoxy) is 1. The van der Waals surface area contributed by atoms with Crippen LogP contribution in [0.15, 0.2) is 83.8 Å². The highest BCUT2D eigenvalue weighted by Crippen LogP contribution is 2.46. The molecule has 39 heavy (non-hydrogen) atoms. The number of cyclic esters (lactones) is 1. The van der Waals surface area contributed by atoms with Crippen molar-refractivity contribution in [1.29, 1.82) is 0 Å². The molecule has 0 radical (unpaired) electrons. The molecule has 3 aromatic carbocycles. The number of anilines is 1. The van der Waals surface area contributed by atoms with Crippen molar-refractivity contribution in [2.45, 2.75) is 41.7 Å². The van der Waals surface area contributed by atoms with Crippen LogP contribution in [0.1, 0.15) is 29.2 Å². The van der Waals surface area contributed by atoms with Crippen molar-refractivity contribution >= 4 is 52.7 Å². The monoisotopic (exact) mass is 563 g/mol. The molecule has 0 aliphatic carbocycles. The Hall–Kier alpha value is -3.82. The highest BCUT2D eigenvalue weighted by Gasteiger charge is 2.42. The zero-order valence-corrected chi connectivity index (χ0v) is 22.4. The van der Waals surface area contributed by atoms with Crippen LogP contribution in [-0.2, 0) is 30.5 Å². The summed E-state index contributed by atoms with van der Waals surface area (Å²) in [6, 6.07) is 22.9. The Bertz CT molecular complexity index is 1390. The van der Waals surface area contributed by atoms with Crippen molar-refractivity contribution in [3.05, 3.63) is 95.0 Å². The number of esters is 1. The maximum atomic E-state index is 14.2. The van der Waals surface area contributed by atoms with Gasteiger partial charge in [-0.05, 0) is 29.3 Å². The van der Waals surface area contributed by atoms with Crippen molar-refractivity contribution in [2.75, 3.05) is 11.4 Å². The number of carbonyl (C=O) groups is 4. The molecule has 3 aromatic rings. The summed E-state index contributed by atoms with van der Waals surface area (Å²) in [6.45, 7) is 0.0525. The van der Waals surface area contributed by atoms with Gasteiger partial charge in [-0.25, -0.2) is 0 Å². The van der Waals surface area contributed by atoms with Gasteiger partial charge in [-0.2, -0.15) is 0 Å². The van der Waals surface area contributed by atoms with Crippen molar-refractivity contribution in [3.63, 3.8) is 0 Å². The topological polar surface area (TPSA) is 105 Å². The number of nitrogens with one attached hydrogen (secondary N) is 2.